The maximum atomic E-state index is 11.9. The minimum atomic E-state index is -0.215. The van der Waals surface area contributed by atoms with Crippen molar-refractivity contribution in [3.05, 3.63) is 48.4 Å². The smallest absolute Gasteiger partial charge is 0.253 e. The Bertz CT molecular complexity index is 516. The van der Waals surface area contributed by atoms with E-state index in [0.29, 0.717) is 12.0 Å². The first-order valence-corrected chi connectivity index (χ1v) is 6.25. The molecule has 0 aliphatic heterocycles. The van der Waals surface area contributed by atoms with Gasteiger partial charge in [0.15, 0.2) is 0 Å². The van der Waals surface area contributed by atoms with E-state index in [9.17, 15) is 4.79 Å². The van der Waals surface area contributed by atoms with Crippen LogP contribution in [0.15, 0.2) is 42.9 Å². The van der Waals surface area contributed by atoms with Crippen molar-refractivity contribution in [3.63, 3.8) is 0 Å². The number of hydrogen-bond donors (Lipinski definition) is 2. The van der Waals surface area contributed by atoms with Crippen LogP contribution in [-0.4, -0.2) is 33.2 Å². The summed E-state index contributed by atoms with van der Waals surface area (Å²) in [4.78, 5) is 16.1. The van der Waals surface area contributed by atoms with Gasteiger partial charge in [-0.3, -0.25) is 4.79 Å². The normalized spacial score (nSPS) is 12.1. The number of amides is 1. The Labute approximate surface area is 111 Å². The molecule has 0 bridgehead atoms. The number of hydrogen-bond acceptors (Lipinski definition) is 3. The molecule has 100 valence electrons. The highest BCUT2D eigenvalue weighted by molar-refractivity contribution is 5.94. The van der Waals surface area contributed by atoms with Crippen LogP contribution >= 0.6 is 0 Å². The third-order valence-corrected chi connectivity index (χ3v) is 2.93. The summed E-state index contributed by atoms with van der Waals surface area (Å²) < 4.78 is 1.87. The number of aromatic nitrogens is 2. The predicted octanol–water partition coefficient (Wildman–Crippen LogP) is 1.37. The first-order chi connectivity index (χ1) is 9.24. The molecule has 5 nitrogen and oxygen atoms in total. The van der Waals surface area contributed by atoms with Crippen LogP contribution in [0.25, 0.3) is 5.82 Å². The quantitative estimate of drug-likeness (QED) is 0.852. The Balaban J connectivity index is 2.08. The van der Waals surface area contributed by atoms with Crippen molar-refractivity contribution in [3.8, 4) is 5.82 Å². The number of pyridine rings is 1. The van der Waals surface area contributed by atoms with Crippen molar-refractivity contribution in [2.24, 2.45) is 0 Å². The van der Waals surface area contributed by atoms with Gasteiger partial charge >= 0.3 is 0 Å². The summed E-state index contributed by atoms with van der Waals surface area (Å²) in [6.07, 6.45) is 6.01. The molecule has 0 spiro atoms. The van der Waals surface area contributed by atoms with Gasteiger partial charge in [0.2, 0.25) is 0 Å². The predicted molar refractivity (Wildman–Crippen MR) is 72.2 cm³/mol. The van der Waals surface area contributed by atoms with Crippen LogP contribution in [-0.2, 0) is 0 Å². The second-order valence-corrected chi connectivity index (χ2v) is 4.26. The number of carbonyl (C=O) groups excluding carboxylic acids is 1. The van der Waals surface area contributed by atoms with Crippen LogP contribution in [0.3, 0.4) is 0 Å². The Morgan fingerprint density at radius 3 is 2.68 bits per heavy atom. The van der Waals surface area contributed by atoms with E-state index in [-0.39, 0.29) is 18.6 Å². The second-order valence-electron chi connectivity index (χ2n) is 4.26. The molecular formula is C14H17N3O2. The van der Waals surface area contributed by atoms with Gasteiger partial charge in [-0.05, 0) is 30.7 Å². The number of nitrogens with one attached hydrogen (secondary N) is 1. The van der Waals surface area contributed by atoms with E-state index in [4.69, 9.17) is 5.11 Å². The summed E-state index contributed by atoms with van der Waals surface area (Å²) in [5, 5.41) is 11.8. The van der Waals surface area contributed by atoms with E-state index in [1.54, 1.807) is 12.1 Å². The van der Waals surface area contributed by atoms with E-state index in [0.717, 1.165) is 5.82 Å². The van der Waals surface area contributed by atoms with E-state index in [2.05, 4.69) is 10.3 Å². The standard InChI is InChI=1S/C14H17N3O2/c1-2-12(10-18)16-14(19)11-5-6-13(15-9-11)17-7-3-4-8-17/h3-9,12,18H,2,10H2,1H3,(H,16,19). The van der Waals surface area contributed by atoms with Crippen molar-refractivity contribution in [1.82, 2.24) is 14.9 Å². The molecule has 0 saturated heterocycles. The molecule has 1 atom stereocenters. The van der Waals surface area contributed by atoms with E-state index < -0.39 is 0 Å². The summed E-state index contributed by atoms with van der Waals surface area (Å²) in [5.41, 5.74) is 0.489. The van der Waals surface area contributed by atoms with Crippen LogP contribution in [0, 0.1) is 0 Å². The molecule has 0 aromatic carbocycles. The Kier molecular flexibility index (Phi) is 4.30. The van der Waals surface area contributed by atoms with Crippen LogP contribution < -0.4 is 5.32 Å². The highest BCUT2D eigenvalue weighted by atomic mass is 16.3. The summed E-state index contributed by atoms with van der Waals surface area (Å²) >= 11 is 0. The van der Waals surface area contributed by atoms with Gasteiger partial charge in [-0.1, -0.05) is 6.92 Å². The summed E-state index contributed by atoms with van der Waals surface area (Å²) in [6, 6.07) is 7.12. The maximum absolute atomic E-state index is 11.9. The fourth-order valence-electron chi connectivity index (χ4n) is 1.71. The van der Waals surface area contributed by atoms with E-state index in [1.165, 1.54) is 6.20 Å². The molecule has 2 aromatic rings. The molecule has 2 heterocycles. The van der Waals surface area contributed by atoms with Crippen molar-refractivity contribution >= 4 is 5.91 Å². The maximum Gasteiger partial charge on any atom is 0.253 e. The molecule has 1 amide bonds. The van der Waals surface area contributed by atoms with Crippen molar-refractivity contribution in [2.45, 2.75) is 19.4 Å². The third kappa shape index (κ3) is 3.20. The van der Waals surface area contributed by atoms with Crippen molar-refractivity contribution in [2.75, 3.05) is 6.61 Å². The monoisotopic (exact) mass is 259 g/mol. The van der Waals surface area contributed by atoms with Gasteiger partial charge < -0.3 is 15.0 Å². The summed E-state index contributed by atoms with van der Waals surface area (Å²) in [5.74, 6) is 0.545. The first kappa shape index (κ1) is 13.3. The fraction of sp³-hybridized carbons (Fsp3) is 0.286. The molecule has 19 heavy (non-hydrogen) atoms. The van der Waals surface area contributed by atoms with Gasteiger partial charge in [0.1, 0.15) is 5.82 Å². The molecule has 2 rings (SSSR count). The van der Waals surface area contributed by atoms with Crippen LogP contribution in [0.5, 0.6) is 0 Å². The lowest BCUT2D eigenvalue weighted by atomic mass is 10.2. The van der Waals surface area contributed by atoms with E-state index in [1.807, 2.05) is 36.0 Å². The second kappa shape index (κ2) is 6.15. The molecule has 2 aromatic heterocycles. The topological polar surface area (TPSA) is 67.2 Å². The third-order valence-electron chi connectivity index (χ3n) is 2.93. The molecule has 2 N–H and O–H groups in total. The van der Waals surface area contributed by atoms with Crippen molar-refractivity contribution in [1.29, 1.82) is 0 Å². The Hall–Kier alpha value is -2.14. The Morgan fingerprint density at radius 2 is 2.16 bits per heavy atom. The minimum absolute atomic E-state index is 0.0584. The van der Waals surface area contributed by atoms with E-state index >= 15 is 0 Å². The lowest BCUT2D eigenvalue weighted by Gasteiger charge is -2.13. The van der Waals surface area contributed by atoms with Crippen LogP contribution in [0.2, 0.25) is 0 Å². The number of nitrogens with zero attached hydrogens (tertiary/aromatic N) is 2. The molecular weight excluding hydrogens is 242 g/mol. The van der Waals surface area contributed by atoms with Crippen LogP contribution in [0.1, 0.15) is 23.7 Å². The van der Waals surface area contributed by atoms with Gasteiger partial charge in [-0.15, -0.1) is 0 Å². The molecule has 0 radical (unpaired) electrons. The van der Waals surface area contributed by atoms with Crippen LogP contribution in [0.4, 0.5) is 0 Å². The average Bonchev–Trinajstić information content (AvgIpc) is 2.99. The highest BCUT2D eigenvalue weighted by Gasteiger charge is 2.11. The fourth-order valence-corrected chi connectivity index (χ4v) is 1.71. The molecule has 0 aliphatic carbocycles. The zero-order chi connectivity index (χ0) is 13.7. The largest absolute Gasteiger partial charge is 0.394 e. The van der Waals surface area contributed by atoms with Gasteiger partial charge in [-0.25, -0.2) is 4.98 Å². The minimum Gasteiger partial charge on any atom is -0.394 e. The molecule has 0 fully saturated rings. The summed E-state index contributed by atoms with van der Waals surface area (Å²) in [6.45, 7) is 1.85. The van der Waals surface area contributed by atoms with Gasteiger partial charge in [0, 0.05) is 18.6 Å². The molecule has 5 heteroatoms. The van der Waals surface area contributed by atoms with Gasteiger partial charge in [0.05, 0.1) is 18.2 Å². The van der Waals surface area contributed by atoms with Crippen molar-refractivity contribution < 1.29 is 9.90 Å². The molecule has 0 aliphatic rings. The number of carbonyl (C=O) groups is 1. The first-order valence-electron chi connectivity index (χ1n) is 6.25. The molecule has 1 unspecified atom stereocenters. The SMILES string of the molecule is CCC(CO)NC(=O)c1ccc(-n2cccc2)nc1. The highest BCUT2D eigenvalue weighted by Crippen LogP contribution is 2.06. The van der Waals surface area contributed by atoms with Gasteiger partial charge in [0.25, 0.3) is 5.91 Å². The number of aliphatic hydroxyl groups is 1. The lowest BCUT2D eigenvalue weighted by Crippen LogP contribution is -2.36. The number of aliphatic hydroxyl groups excluding tert-OH is 1. The zero-order valence-corrected chi connectivity index (χ0v) is 10.8. The Morgan fingerprint density at radius 1 is 1.42 bits per heavy atom. The molecule has 0 saturated carbocycles. The average molecular weight is 259 g/mol. The van der Waals surface area contributed by atoms with Gasteiger partial charge in [-0.2, -0.15) is 0 Å². The number of rotatable bonds is 5. The lowest BCUT2D eigenvalue weighted by molar-refractivity contribution is 0.0914. The zero-order valence-electron chi connectivity index (χ0n) is 10.8. The summed E-state index contributed by atoms with van der Waals surface area (Å²) in [7, 11) is 0.